The van der Waals surface area contributed by atoms with Gasteiger partial charge in [-0.2, -0.15) is 0 Å². The third kappa shape index (κ3) is 4.86. The fraction of sp³-hybridized carbons (Fsp3) is 0.261. The zero-order valence-electron chi connectivity index (χ0n) is 18.4. The molecule has 0 aliphatic carbocycles. The number of hydrogen-bond donors (Lipinski definition) is 2. The van der Waals surface area contributed by atoms with Crippen LogP contribution >= 0.6 is 22.9 Å². The highest BCUT2D eigenvalue weighted by atomic mass is 35.5. The third-order valence-corrected chi connectivity index (χ3v) is 6.57. The summed E-state index contributed by atoms with van der Waals surface area (Å²) in [6.45, 7) is 2.47. The van der Waals surface area contributed by atoms with Gasteiger partial charge in [0.05, 0.1) is 35.3 Å². The summed E-state index contributed by atoms with van der Waals surface area (Å²) in [4.78, 5) is 23.8. The zero-order valence-corrected chi connectivity index (χ0v) is 20.0. The first-order chi connectivity index (χ1) is 15.8. The molecule has 3 heterocycles. The molecular weight excluding hydrogens is 462 g/mol. The molecule has 172 valence electrons. The second-order valence-corrected chi connectivity index (χ2v) is 9.39. The smallest absolute Gasteiger partial charge is 0.262 e. The molecule has 1 amide bonds. The number of nitrogens with two attached hydrogens (primary N) is 1. The lowest BCUT2D eigenvalue weighted by molar-refractivity contribution is 0.0998. The second kappa shape index (κ2) is 9.48. The molecule has 10 heteroatoms. The van der Waals surface area contributed by atoms with Crippen molar-refractivity contribution < 1.29 is 14.6 Å². The van der Waals surface area contributed by atoms with Gasteiger partial charge in [0.15, 0.2) is 5.65 Å². The van der Waals surface area contributed by atoms with Crippen LogP contribution < -0.4 is 10.5 Å². The summed E-state index contributed by atoms with van der Waals surface area (Å²) in [5.74, 6) is -0.192. The monoisotopic (exact) mass is 485 g/mol. The summed E-state index contributed by atoms with van der Waals surface area (Å²) in [6, 6.07) is 7.66. The van der Waals surface area contributed by atoms with Gasteiger partial charge in [0, 0.05) is 29.4 Å². The van der Waals surface area contributed by atoms with E-state index in [1.165, 1.54) is 11.3 Å². The number of thiophene rings is 1. The van der Waals surface area contributed by atoms with Crippen molar-refractivity contribution in [3.05, 3.63) is 69.6 Å². The van der Waals surface area contributed by atoms with Crippen LogP contribution in [0.1, 0.15) is 39.5 Å². The molecule has 0 spiro atoms. The van der Waals surface area contributed by atoms with Crippen molar-refractivity contribution in [2.24, 2.45) is 5.73 Å². The van der Waals surface area contributed by atoms with Crippen molar-refractivity contribution in [2.45, 2.75) is 26.2 Å². The van der Waals surface area contributed by atoms with Crippen molar-refractivity contribution in [3.63, 3.8) is 0 Å². The molecule has 0 saturated heterocycles. The minimum Gasteiger partial charge on any atom is -0.484 e. The van der Waals surface area contributed by atoms with E-state index in [2.05, 4.69) is 14.9 Å². The van der Waals surface area contributed by atoms with Crippen molar-refractivity contribution in [1.82, 2.24) is 19.3 Å². The van der Waals surface area contributed by atoms with Crippen molar-refractivity contribution >= 4 is 34.5 Å². The Morgan fingerprint density at radius 1 is 1.30 bits per heavy atom. The number of primary amides is 1. The van der Waals surface area contributed by atoms with Crippen LogP contribution in [0, 0.1) is 0 Å². The van der Waals surface area contributed by atoms with E-state index in [9.17, 15) is 9.90 Å². The van der Waals surface area contributed by atoms with Gasteiger partial charge >= 0.3 is 0 Å². The Morgan fingerprint density at radius 2 is 2.09 bits per heavy atom. The maximum Gasteiger partial charge on any atom is 0.262 e. The number of carbonyl (C=O) groups is 1. The first-order valence-corrected chi connectivity index (χ1v) is 11.4. The first-order valence-electron chi connectivity index (χ1n) is 10.2. The Labute approximate surface area is 200 Å². The van der Waals surface area contributed by atoms with Crippen molar-refractivity contribution in [3.8, 4) is 16.3 Å². The van der Waals surface area contributed by atoms with Gasteiger partial charge in [-0.25, -0.2) is 4.98 Å². The number of aliphatic hydroxyl groups excluding tert-OH is 1. The molecule has 0 radical (unpaired) electrons. The van der Waals surface area contributed by atoms with E-state index >= 15 is 0 Å². The number of halogens is 1. The average Bonchev–Trinajstić information content (AvgIpc) is 3.36. The number of nitrogens with zero attached hydrogens (tertiary/aromatic N) is 4. The molecule has 1 unspecified atom stereocenters. The van der Waals surface area contributed by atoms with E-state index in [4.69, 9.17) is 22.1 Å². The summed E-state index contributed by atoms with van der Waals surface area (Å²) in [6.07, 6.45) is 4.57. The molecule has 0 fully saturated rings. The summed E-state index contributed by atoms with van der Waals surface area (Å²) in [5.41, 5.74) is 9.43. The van der Waals surface area contributed by atoms with Crippen molar-refractivity contribution in [1.29, 1.82) is 0 Å². The third-order valence-electron chi connectivity index (χ3n) is 5.09. The summed E-state index contributed by atoms with van der Waals surface area (Å²) in [5, 5.41) is 10.0. The number of amides is 1. The van der Waals surface area contributed by atoms with Gasteiger partial charge in [-0.05, 0) is 32.6 Å². The number of aliphatic hydroxyl groups is 1. The van der Waals surface area contributed by atoms with Gasteiger partial charge in [0.1, 0.15) is 16.7 Å². The number of hydrogen-bond acceptors (Lipinski definition) is 7. The average molecular weight is 486 g/mol. The van der Waals surface area contributed by atoms with Gasteiger partial charge in [-0.3, -0.25) is 14.2 Å². The topological polar surface area (TPSA) is 106 Å². The SMILES string of the molecule is CC(Oc1cc(-c2cnc3cnc(CO)cn23)sc1C(N)=O)c1ccc(CN(C)C)cc1Cl. The van der Waals surface area contributed by atoms with Crippen molar-refractivity contribution in [2.75, 3.05) is 14.1 Å². The van der Waals surface area contributed by atoms with Crippen LogP contribution in [-0.4, -0.2) is 44.4 Å². The highest BCUT2D eigenvalue weighted by Crippen LogP contribution is 2.39. The largest absolute Gasteiger partial charge is 0.484 e. The lowest BCUT2D eigenvalue weighted by Gasteiger charge is -2.17. The van der Waals surface area contributed by atoms with Crippen LogP contribution in [0.5, 0.6) is 5.75 Å². The highest BCUT2D eigenvalue weighted by Gasteiger charge is 2.22. The summed E-state index contributed by atoms with van der Waals surface area (Å²) < 4.78 is 7.97. The predicted octanol–water partition coefficient (Wildman–Crippen LogP) is 3.90. The molecule has 8 nitrogen and oxygen atoms in total. The van der Waals surface area contributed by atoms with Crippen LogP contribution in [-0.2, 0) is 13.2 Å². The minimum absolute atomic E-state index is 0.190. The minimum atomic E-state index is -0.576. The van der Waals surface area contributed by atoms with Gasteiger partial charge < -0.3 is 20.5 Å². The van der Waals surface area contributed by atoms with Gasteiger partial charge in [0.25, 0.3) is 5.91 Å². The Morgan fingerprint density at radius 3 is 2.76 bits per heavy atom. The fourth-order valence-electron chi connectivity index (χ4n) is 3.57. The molecule has 1 aromatic carbocycles. The van der Waals surface area contributed by atoms with E-state index in [1.54, 1.807) is 24.7 Å². The number of fused-ring (bicyclic) bond motifs is 1. The summed E-state index contributed by atoms with van der Waals surface area (Å²) in [7, 11) is 4.00. The van der Waals surface area contributed by atoms with Crippen LogP contribution in [0.3, 0.4) is 0 Å². The highest BCUT2D eigenvalue weighted by molar-refractivity contribution is 7.17. The molecule has 0 saturated carbocycles. The molecule has 1 atom stereocenters. The molecule has 0 bridgehead atoms. The lowest BCUT2D eigenvalue weighted by Crippen LogP contribution is -2.13. The predicted molar refractivity (Wildman–Crippen MR) is 129 cm³/mol. The molecular formula is C23H24ClN5O3S. The molecule has 3 N–H and O–H groups in total. The van der Waals surface area contributed by atoms with E-state index < -0.39 is 12.0 Å². The number of imidazole rings is 1. The molecule has 33 heavy (non-hydrogen) atoms. The number of benzene rings is 1. The van der Waals surface area contributed by atoms with Crippen LogP contribution in [0.25, 0.3) is 16.2 Å². The fourth-order valence-corrected chi connectivity index (χ4v) is 4.88. The van der Waals surface area contributed by atoms with Gasteiger partial charge in [0.2, 0.25) is 0 Å². The number of carbonyl (C=O) groups excluding carboxylic acids is 1. The quantitative estimate of drug-likeness (QED) is 0.392. The number of ether oxygens (including phenoxy) is 1. The summed E-state index contributed by atoms with van der Waals surface area (Å²) >= 11 is 7.75. The van der Waals surface area contributed by atoms with Crippen LogP contribution in [0.4, 0.5) is 0 Å². The molecule has 0 aliphatic rings. The van der Waals surface area contributed by atoms with E-state index in [0.717, 1.165) is 28.2 Å². The van der Waals surface area contributed by atoms with E-state index in [0.29, 0.717) is 27.0 Å². The lowest BCUT2D eigenvalue weighted by atomic mass is 10.1. The molecule has 3 aromatic heterocycles. The van der Waals surface area contributed by atoms with Crippen LogP contribution in [0.2, 0.25) is 5.02 Å². The second-order valence-electron chi connectivity index (χ2n) is 7.93. The van der Waals surface area contributed by atoms with E-state index in [-0.39, 0.29) is 6.61 Å². The Kier molecular flexibility index (Phi) is 6.66. The van der Waals surface area contributed by atoms with Gasteiger partial charge in [-0.15, -0.1) is 11.3 Å². The Balaban J connectivity index is 1.66. The Hall–Kier alpha value is -2.98. The molecule has 4 rings (SSSR count). The first kappa shape index (κ1) is 23.2. The standard InChI is InChI=1S/C23H24ClN5O3S/c1-13(16-5-4-14(6-17(16)24)10-28(2)3)32-19-7-20(33-22(19)23(25)31)18-8-27-21-9-26-15(12-30)11-29(18)21/h4-9,11,13,30H,10,12H2,1-3H3,(H2,25,31). The number of rotatable bonds is 8. The Bertz CT molecular complexity index is 1320. The molecule has 4 aromatic rings. The normalized spacial score (nSPS) is 12.4. The maximum absolute atomic E-state index is 12.2. The maximum atomic E-state index is 12.2. The van der Waals surface area contributed by atoms with Crippen LogP contribution in [0.15, 0.2) is 42.9 Å². The van der Waals surface area contributed by atoms with Gasteiger partial charge in [-0.1, -0.05) is 23.7 Å². The van der Waals surface area contributed by atoms with E-state index in [1.807, 2.05) is 43.6 Å². The molecule has 0 aliphatic heterocycles. The number of aromatic nitrogens is 3. The zero-order chi connectivity index (χ0) is 23.7.